The van der Waals surface area contributed by atoms with E-state index in [1.165, 1.54) is 12.1 Å². The Morgan fingerprint density at radius 2 is 1.51 bits per heavy atom. The van der Waals surface area contributed by atoms with Crippen LogP contribution in [0.15, 0.2) is 48.5 Å². The SMILES string of the molecule is CCC(=O)N[C@H](C(=O)N[C@@H](CC(C)C)C(=O)N[C@@H](Cc1ccccc1)C(=O)Nc1ccc([N+](=O)[O-])cc1Cl)C(C)C. The Kier molecular flexibility index (Phi) is 12.7. The van der Waals surface area contributed by atoms with E-state index in [9.17, 15) is 29.3 Å². The summed E-state index contributed by atoms with van der Waals surface area (Å²) >= 11 is 6.17. The molecule has 0 aliphatic carbocycles. The number of benzene rings is 2. The molecule has 11 nitrogen and oxygen atoms in total. The Balaban J connectivity index is 2.30. The molecule has 2 aromatic carbocycles. The van der Waals surface area contributed by atoms with Gasteiger partial charge in [0, 0.05) is 25.0 Å². The van der Waals surface area contributed by atoms with Gasteiger partial charge in [0.15, 0.2) is 0 Å². The number of hydrogen-bond donors (Lipinski definition) is 4. The second-order valence-corrected chi connectivity index (χ2v) is 10.9. The summed E-state index contributed by atoms with van der Waals surface area (Å²) in [5.41, 5.74) is 0.687. The Labute approximate surface area is 244 Å². The maximum absolute atomic E-state index is 13.5. The molecule has 0 aliphatic rings. The van der Waals surface area contributed by atoms with E-state index in [2.05, 4.69) is 21.3 Å². The number of rotatable bonds is 14. The van der Waals surface area contributed by atoms with E-state index in [0.29, 0.717) is 0 Å². The third-order valence-electron chi connectivity index (χ3n) is 6.26. The summed E-state index contributed by atoms with van der Waals surface area (Å²) in [6.07, 6.45) is 0.631. The van der Waals surface area contributed by atoms with Crippen LogP contribution in [0.3, 0.4) is 0 Å². The molecular formula is C29H38ClN5O6. The standard InChI is InChI=1S/C29H38ClN5O6/c1-6-25(36)34-26(18(4)5)29(39)33-23(14-17(2)3)27(37)32-24(15-19-10-8-7-9-11-19)28(38)31-22-13-12-20(35(40)41)16-21(22)30/h7-13,16-18,23-24,26H,6,14-15H2,1-5H3,(H,31,38)(H,32,37)(H,33,39)(H,34,36)/t23-,24-,26-/m0/s1. The minimum absolute atomic E-state index is 0.0223. The molecule has 0 aliphatic heterocycles. The summed E-state index contributed by atoms with van der Waals surface area (Å²) in [7, 11) is 0. The average Bonchev–Trinajstić information content (AvgIpc) is 2.91. The summed E-state index contributed by atoms with van der Waals surface area (Å²) in [6, 6.07) is 9.82. The molecule has 0 spiro atoms. The van der Waals surface area contributed by atoms with Crippen LogP contribution in [-0.2, 0) is 25.6 Å². The second kappa shape index (κ2) is 15.7. The average molecular weight is 588 g/mol. The normalized spacial score (nSPS) is 13.2. The van der Waals surface area contributed by atoms with Crippen molar-refractivity contribution >= 4 is 46.6 Å². The van der Waals surface area contributed by atoms with Crippen molar-refractivity contribution in [3.8, 4) is 0 Å². The molecule has 222 valence electrons. The molecule has 3 atom stereocenters. The van der Waals surface area contributed by atoms with Gasteiger partial charge in [-0.3, -0.25) is 29.3 Å². The van der Waals surface area contributed by atoms with Crippen LogP contribution in [0.1, 0.15) is 53.0 Å². The van der Waals surface area contributed by atoms with E-state index in [4.69, 9.17) is 11.6 Å². The fourth-order valence-corrected chi connectivity index (χ4v) is 4.27. The van der Waals surface area contributed by atoms with E-state index in [1.807, 2.05) is 32.0 Å². The highest BCUT2D eigenvalue weighted by Gasteiger charge is 2.31. The predicted octanol–water partition coefficient (Wildman–Crippen LogP) is 4.00. The lowest BCUT2D eigenvalue weighted by Gasteiger charge is -2.27. The highest BCUT2D eigenvalue weighted by atomic mass is 35.5. The molecule has 0 heterocycles. The molecule has 4 N–H and O–H groups in total. The van der Waals surface area contributed by atoms with E-state index >= 15 is 0 Å². The number of nitrogens with zero attached hydrogens (tertiary/aromatic N) is 1. The number of nitro groups is 1. The zero-order valence-electron chi connectivity index (χ0n) is 23.9. The maximum Gasteiger partial charge on any atom is 0.271 e. The van der Waals surface area contributed by atoms with Gasteiger partial charge in [-0.2, -0.15) is 0 Å². The number of carbonyl (C=O) groups excluding carboxylic acids is 4. The molecule has 0 fully saturated rings. The number of nitro benzene ring substituents is 1. The first kappa shape index (κ1) is 33.2. The van der Waals surface area contributed by atoms with Crippen molar-refractivity contribution in [3.63, 3.8) is 0 Å². The third-order valence-corrected chi connectivity index (χ3v) is 6.58. The third kappa shape index (κ3) is 10.5. The van der Waals surface area contributed by atoms with Crippen molar-refractivity contribution in [2.75, 3.05) is 5.32 Å². The zero-order valence-corrected chi connectivity index (χ0v) is 24.7. The molecule has 4 amide bonds. The first-order valence-corrected chi connectivity index (χ1v) is 13.9. The van der Waals surface area contributed by atoms with Gasteiger partial charge in [0.1, 0.15) is 18.1 Å². The molecule has 0 saturated carbocycles. The smallest absolute Gasteiger partial charge is 0.271 e. The molecule has 0 aromatic heterocycles. The van der Waals surface area contributed by atoms with E-state index < -0.39 is 40.8 Å². The van der Waals surface area contributed by atoms with Crippen LogP contribution in [0.4, 0.5) is 11.4 Å². The molecule has 0 saturated heterocycles. The van der Waals surface area contributed by atoms with Crippen molar-refractivity contribution < 1.29 is 24.1 Å². The second-order valence-electron chi connectivity index (χ2n) is 10.5. The molecule has 0 unspecified atom stereocenters. The van der Waals surface area contributed by atoms with Crippen LogP contribution in [-0.4, -0.2) is 46.7 Å². The first-order valence-electron chi connectivity index (χ1n) is 13.5. The van der Waals surface area contributed by atoms with Crippen molar-refractivity contribution in [1.29, 1.82) is 0 Å². The van der Waals surface area contributed by atoms with Gasteiger partial charge in [-0.05, 0) is 29.9 Å². The van der Waals surface area contributed by atoms with Gasteiger partial charge in [-0.1, -0.05) is 76.6 Å². The van der Waals surface area contributed by atoms with Gasteiger partial charge in [0.05, 0.1) is 15.6 Å². The first-order chi connectivity index (χ1) is 19.3. The monoisotopic (exact) mass is 587 g/mol. The van der Waals surface area contributed by atoms with Gasteiger partial charge in [-0.25, -0.2) is 0 Å². The highest BCUT2D eigenvalue weighted by Crippen LogP contribution is 2.27. The van der Waals surface area contributed by atoms with E-state index in [0.717, 1.165) is 11.6 Å². The molecule has 2 rings (SSSR count). The topological polar surface area (TPSA) is 160 Å². The molecule has 12 heteroatoms. The summed E-state index contributed by atoms with van der Waals surface area (Å²) in [5, 5.41) is 21.9. The predicted molar refractivity (Wildman–Crippen MR) is 157 cm³/mol. The molecule has 41 heavy (non-hydrogen) atoms. The number of halogens is 1. The quantitative estimate of drug-likeness (QED) is 0.193. The van der Waals surface area contributed by atoms with Gasteiger partial charge >= 0.3 is 0 Å². The fraction of sp³-hybridized carbons (Fsp3) is 0.448. The highest BCUT2D eigenvalue weighted by molar-refractivity contribution is 6.34. The number of non-ortho nitro benzene ring substituents is 1. The van der Waals surface area contributed by atoms with Crippen LogP contribution in [0.5, 0.6) is 0 Å². The van der Waals surface area contributed by atoms with Crippen molar-refractivity contribution in [2.45, 2.75) is 72.0 Å². The molecule has 2 aromatic rings. The molecule has 0 bridgehead atoms. The number of carbonyl (C=O) groups is 4. The van der Waals surface area contributed by atoms with Crippen LogP contribution in [0, 0.1) is 22.0 Å². The molecule has 0 radical (unpaired) electrons. The lowest BCUT2D eigenvalue weighted by Crippen LogP contribution is -2.57. The summed E-state index contributed by atoms with van der Waals surface area (Å²) in [6.45, 7) is 9.07. The van der Waals surface area contributed by atoms with Crippen molar-refractivity contribution in [2.24, 2.45) is 11.8 Å². The lowest BCUT2D eigenvalue weighted by atomic mass is 9.99. The fourth-order valence-electron chi connectivity index (χ4n) is 4.05. The van der Waals surface area contributed by atoms with Gasteiger partial charge in [-0.15, -0.1) is 0 Å². The number of nitrogens with one attached hydrogen (secondary N) is 4. The van der Waals surface area contributed by atoms with Crippen LogP contribution in [0.2, 0.25) is 5.02 Å². The van der Waals surface area contributed by atoms with E-state index in [-0.39, 0.29) is 53.4 Å². The minimum Gasteiger partial charge on any atom is -0.344 e. The summed E-state index contributed by atoms with van der Waals surface area (Å²) in [4.78, 5) is 62.5. The summed E-state index contributed by atoms with van der Waals surface area (Å²) < 4.78 is 0. The van der Waals surface area contributed by atoms with Gasteiger partial charge < -0.3 is 21.3 Å². The van der Waals surface area contributed by atoms with Gasteiger partial charge in [0.2, 0.25) is 23.6 Å². The number of hydrogen-bond acceptors (Lipinski definition) is 6. The Bertz CT molecular complexity index is 1240. The summed E-state index contributed by atoms with van der Waals surface area (Å²) in [5.74, 6) is -2.15. The largest absolute Gasteiger partial charge is 0.344 e. The van der Waals surface area contributed by atoms with Crippen molar-refractivity contribution in [1.82, 2.24) is 16.0 Å². The van der Waals surface area contributed by atoms with E-state index in [1.54, 1.807) is 32.9 Å². The lowest BCUT2D eigenvalue weighted by molar-refractivity contribution is -0.384. The van der Waals surface area contributed by atoms with Crippen molar-refractivity contribution in [3.05, 3.63) is 69.2 Å². The van der Waals surface area contributed by atoms with Crippen LogP contribution in [0.25, 0.3) is 0 Å². The van der Waals surface area contributed by atoms with Crippen LogP contribution >= 0.6 is 11.6 Å². The number of anilines is 1. The van der Waals surface area contributed by atoms with Gasteiger partial charge in [0.25, 0.3) is 5.69 Å². The van der Waals surface area contributed by atoms with Crippen LogP contribution < -0.4 is 21.3 Å². The molecular weight excluding hydrogens is 550 g/mol. The maximum atomic E-state index is 13.5. The zero-order chi connectivity index (χ0) is 30.7. The Hall–Kier alpha value is -3.99. The number of amides is 4. The Morgan fingerprint density at radius 1 is 0.878 bits per heavy atom. The minimum atomic E-state index is -1.07. The Morgan fingerprint density at radius 3 is 2.05 bits per heavy atom.